The highest BCUT2D eigenvalue weighted by Crippen LogP contribution is 2.33. The van der Waals surface area contributed by atoms with E-state index in [1.807, 2.05) is 49.4 Å². The molecule has 6 nitrogen and oxygen atoms in total. The van der Waals surface area contributed by atoms with Gasteiger partial charge in [-0.1, -0.05) is 53.6 Å². The van der Waals surface area contributed by atoms with E-state index < -0.39 is 0 Å². The number of hydrogen-bond donors (Lipinski definition) is 1. The molecule has 0 unspecified atom stereocenters. The van der Waals surface area contributed by atoms with Gasteiger partial charge in [-0.2, -0.15) is 0 Å². The lowest BCUT2D eigenvalue weighted by molar-refractivity contribution is -0.120. The maximum atomic E-state index is 13.2. The van der Waals surface area contributed by atoms with E-state index in [9.17, 15) is 9.59 Å². The van der Waals surface area contributed by atoms with Crippen LogP contribution in [0.25, 0.3) is 0 Å². The van der Waals surface area contributed by atoms with Crippen LogP contribution in [-0.4, -0.2) is 31.2 Å². The number of methoxy groups -OCH3 is 1. The summed E-state index contributed by atoms with van der Waals surface area (Å²) >= 11 is 6.14. The molecule has 0 bridgehead atoms. The molecule has 3 aromatic rings. The molecule has 3 aromatic carbocycles. The van der Waals surface area contributed by atoms with Crippen molar-refractivity contribution in [2.24, 2.45) is 4.99 Å². The summed E-state index contributed by atoms with van der Waals surface area (Å²) in [6.07, 6.45) is 0.0966. The van der Waals surface area contributed by atoms with Crippen LogP contribution in [0, 0.1) is 6.92 Å². The lowest BCUT2D eigenvalue weighted by Crippen LogP contribution is -2.38. The molecule has 162 valence electrons. The molecule has 1 N–H and O–H groups in total. The summed E-state index contributed by atoms with van der Waals surface area (Å²) in [5.41, 5.74) is 4.46. The lowest BCUT2D eigenvalue weighted by atomic mass is 10.1. The number of anilines is 2. The summed E-state index contributed by atoms with van der Waals surface area (Å²) in [4.78, 5) is 32.2. The molecule has 7 heteroatoms. The Bertz CT molecular complexity index is 1210. The first-order valence-corrected chi connectivity index (χ1v) is 10.5. The Balaban J connectivity index is 1.58. The average molecular weight is 448 g/mol. The Labute approximate surface area is 191 Å². The van der Waals surface area contributed by atoms with Crippen LogP contribution in [-0.2, 0) is 9.59 Å². The third-order valence-corrected chi connectivity index (χ3v) is 5.47. The van der Waals surface area contributed by atoms with E-state index in [0.29, 0.717) is 33.5 Å². The van der Waals surface area contributed by atoms with Crippen molar-refractivity contribution in [2.45, 2.75) is 13.3 Å². The maximum absolute atomic E-state index is 13.2. The van der Waals surface area contributed by atoms with E-state index >= 15 is 0 Å². The number of fused-ring (bicyclic) bond motifs is 1. The highest BCUT2D eigenvalue weighted by atomic mass is 35.5. The molecule has 0 saturated carbocycles. The number of nitrogens with zero attached hydrogens (tertiary/aromatic N) is 2. The van der Waals surface area contributed by atoms with Crippen molar-refractivity contribution in [2.75, 3.05) is 23.9 Å². The number of carbonyl (C=O) groups excluding carboxylic acids is 2. The molecule has 32 heavy (non-hydrogen) atoms. The first-order valence-electron chi connectivity index (χ1n) is 10.1. The van der Waals surface area contributed by atoms with Crippen LogP contribution in [0.4, 0.5) is 17.1 Å². The third kappa shape index (κ3) is 4.65. The average Bonchev–Trinajstić information content (AvgIpc) is 2.91. The monoisotopic (exact) mass is 447 g/mol. The van der Waals surface area contributed by atoms with Crippen LogP contribution in [0.3, 0.4) is 0 Å². The zero-order chi connectivity index (χ0) is 22.7. The molecule has 4 rings (SSSR count). The third-order valence-electron chi connectivity index (χ3n) is 5.17. The van der Waals surface area contributed by atoms with Crippen molar-refractivity contribution in [3.63, 3.8) is 0 Å². The first kappa shape index (κ1) is 21.6. The minimum absolute atomic E-state index is 0.0966. The Kier molecular flexibility index (Phi) is 6.23. The predicted molar refractivity (Wildman–Crippen MR) is 127 cm³/mol. The highest BCUT2D eigenvalue weighted by Gasteiger charge is 2.26. The zero-order valence-electron chi connectivity index (χ0n) is 17.8. The van der Waals surface area contributed by atoms with Gasteiger partial charge in [-0.25, -0.2) is 0 Å². The second-order valence-corrected chi connectivity index (χ2v) is 7.87. The van der Waals surface area contributed by atoms with Crippen LogP contribution in [0.1, 0.15) is 17.5 Å². The van der Waals surface area contributed by atoms with Crippen molar-refractivity contribution >= 4 is 46.2 Å². The second kappa shape index (κ2) is 9.24. The van der Waals surface area contributed by atoms with Crippen molar-refractivity contribution in [3.8, 4) is 5.75 Å². The van der Waals surface area contributed by atoms with E-state index in [0.717, 1.165) is 11.1 Å². The van der Waals surface area contributed by atoms with Crippen LogP contribution >= 0.6 is 11.6 Å². The van der Waals surface area contributed by atoms with Gasteiger partial charge in [0.15, 0.2) is 0 Å². The van der Waals surface area contributed by atoms with Gasteiger partial charge >= 0.3 is 0 Å². The smallest absolute Gasteiger partial charge is 0.244 e. The number of ether oxygens (including phenoxy) is 1. The van der Waals surface area contributed by atoms with E-state index in [4.69, 9.17) is 21.3 Å². The maximum Gasteiger partial charge on any atom is 0.244 e. The summed E-state index contributed by atoms with van der Waals surface area (Å²) in [6, 6.07) is 20.2. The SMILES string of the molecule is COc1ccc(NC(=O)CN2C(=O)CC(c3ccc(C)cc3)=Nc3ccccc32)cc1Cl. The van der Waals surface area contributed by atoms with Crippen molar-refractivity contribution in [3.05, 3.63) is 82.9 Å². The Morgan fingerprint density at radius 1 is 1.12 bits per heavy atom. The highest BCUT2D eigenvalue weighted by molar-refractivity contribution is 6.32. The van der Waals surface area contributed by atoms with Crippen LogP contribution in [0.2, 0.25) is 5.02 Å². The quantitative estimate of drug-likeness (QED) is 0.587. The Morgan fingerprint density at radius 3 is 2.59 bits per heavy atom. The minimum atomic E-state index is -0.340. The molecule has 0 saturated heterocycles. The largest absolute Gasteiger partial charge is 0.495 e. The minimum Gasteiger partial charge on any atom is -0.495 e. The van der Waals surface area contributed by atoms with Gasteiger partial charge in [0.1, 0.15) is 12.3 Å². The number of amides is 2. The zero-order valence-corrected chi connectivity index (χ0v) is 18.5. The fourth-order valence-electron chi connectivity index (χ4n) is 3.52. The van der Waals surface area contributed by atoms with Crippen molar-refractivity contribution in [1.29, 1.82) is 0 Å². The first-order chi connectivity index (χ1) is 15.4. The van der Waals surface area contributed by atoms with Crippen LogP contribution in [0.5, 0.6) is 5.75 Å². The number of hydrogen-bond acceptors (Lipinski definition) is 4. The molecule has 1 aliphatic rings. The van der Waals surface area contributed by atoms with Crippen molar-refractivity contribution < 1.29 is 14.3 Å². The van der Waals surface area contributed by atoms with E-state index in [2.05, 4.69) is 5.32 Å². The molecular weight excluding hydrogens is 426 g/mol. The second-order valence-electron chi connectivity index (χ2n) is 7.47. The van der Waals surface area contributed by atoms with Gasteiger partial charge in [0, 0.05) is 5.69 Å². The van der Waals surface area contributed by atoms with E-state index in [1.54, 1.807) is 24.3 Å². The van der Waals surface area contributed by atoms with Gasteiger partial charge in [0.05, 0.1) is 35.6 Å². The Hall–Kier alpha value is -3.64. The van der Waals surface area contributed by atoms with Gasteiger partial charge < -0.3 is 15.0 Å². The molecule has 0 radical (unpaired) electrons. The lowest BCUT2D eigenvalue weighted by Gasteiger charge is -2.22. The molecule has 1 heterocycles. The molecule has 0 spiro atoms. The number of benzene rings is 3. The summed E-state index contributed by atoms with van der Waals surface area (Å²) in [6.45, 7) is 1.87. The number of nitrogens with one attached hydrogen (secondary N) is 1. The summed E-state index contributed by atoms with van der Waals surface area (Å²) < 4.78 is 5.14. The topological polar surface area (TPSA) is 71.0 Å². The summed E-state index contributed by atoms with van der Waals surface area (Å²) in [5.74, 6) is -0.0209. The molecule has 0 atom stereocenters. The van der Waals surface area contributed by atoms with E-state index in [1.165, 1.54) is 12.0 Å². The molecule has 0 aliphatic carbocycles. The number of carbonyl (C=O) groups is 2. The number of aryl methyl sites for hydroxylation is 1. The molecule has 0 aromatic heterocycles. The predicted octanol–water partition coefficient (Wildman–Crippen LogP) is 5.15. The van der Waals surface area contributed by atoms with Gasteiger partial charge in [-0.15, -0.1) is 0 Å². The molecule has 1 aliphatic heterocycles. The number of rotatable bonds is 5. The number of aliphatic imine (C=N–C) groups is 1. The van der Waals surface area contributed by atoms with Crippen molar-refractivity contribution in [1.82, 2.24) is 0 Å². The van der Waals surface area contributed by atoms with Gasteiger partial charge in [-0.3, -0.25) is 14.6 Å². The Morgan fingerprint density at radius 2 is 1.88 bits per heavy atom. The normalized spacial score (nSPS) is 13.2. The van der Waals surface area contributed by atoms with Gasteiger partial charge in [-0.05, 0) is 42.8 Å². The van der Waals surface area contributed by atoms with Gasteiger partial charge in [0.2, 0.25) is 11.8 Å². The molecule has 2 amide bonds. The fourth-order valence-corrected chi connectivity index (χ4v) is 3.78. The standard InChI is InChI=1S/C25H22ClN3O3/c1-16-7-9-17(10-8-16)21-14-25(31)29(22-6-4-3-5-20(22)28-21)15-24(30)27-18-11-12-23(32-2)19(26)13-18/h3-13H,14-15H2,1-2H3,(H,27,30). The van der Waals surface area contributed by atoms with E-state index in [-0.39, 0.29) is 24.8 Å². The number of halogens is 1. The molecular formula is C25H22ClN3O3. The summed E-state index contributed by atoms with van der Waals surface area (Å²) in [5, 5.41) is 3.18. The van der Waals surface area contributed by atoms with Crippen LogP contribution < -0.4 is 15.0 Å². The fraction of sp³-hybridized carbons (Fsp3) is 0.160. The van der Waals surface area contributed by atoms with Gasteiger partial charge in [0.25, 0.3) is 0 Å². The molecule has 0 fully saturated rings. The number of para-hydroxylation sites is 2. The van der Waals surface area contributed by atoms with Crippen LogP contribution in [0.15, 0.2) is 71.7 Å². The summed E-state index contributed by atoms with van der Waals surface area (Å²) in [7, 11) is 1.52.